The third-order valence-electron chi connectivity index (χ3n) is 2.53. The fourth-order valence-electron chi connectivity index (χ4n) is 1.57. The Morgan fingerprint density at radius 1 is 0.722 bits per heavy atom. The highest BCUT2D eigenvalue weighted by Gasteiger charge is 1.88. The Morgan fingerprint density at radius 3 is 1.83 bits per heavy atom. The summed E-state index contributed by atoms with van der Waals surface area (Å²) in [5, 5.41) is 8.69. The molecule has 1 heteroatoms. The zero-order chi connectivity index (χ0) is 12.6. The lowest BCUT2D eigenvalue weighted by Gasteiger charge is -1.92. The minimum absolute atomic E-state index is 0.687. The Balaban J connectivity index is 1.99. The molecule has 1 nitrogen and oxygen atoms in total. The van der Waals surface area contributed by atoms with Gasteiger partial charge in [-0.05, 0) is 23.3 Å². The molecule has 0 saturated heterocycles. The number of hydrogen-bond acceptors (Lipinski definition) is 1. The zero-order valence-corrected chi connectivity index (χ0v) is 9.95. The summed E-state index contributed by atoms with van der Waals surface area (Å²) in [6.07, 6.45) is 8.07. The van der Waals surface area contributed by atoms with Gasteiger partial charge >= 0.3 is 0 Å². The van der Waals surface area contributed by atoms with Gasteiger partial charge < -0.3 is 0 Å². The van der Waals surface area contributed by atoms with Crippen molar-refractivity contribution in [2.45, 2.75) is 0 Å². The van der Waals surface area contributed by atoms with E-state index in [-0.39, 0.29) is 0 Å². The van der Waals surface area contributed by atoms with Crippen molar-refractivity contribution in [3.8, 4) is 6.07 Å². The SMILES string of the molecule is N#Cc1ccc(C=CC=Cc2ccccc2)cc1. The molecule has 0 N–H and O–H groups in total. The van der Waals surface area contributed by atoms with Gasteiger partial charge in [-0.15, -0.1) is 0 Å². The Kier molecular flexibility index (Phi) is 4.11. The topological polar surface area (TPSA) is 23.8 Å². The Morgan fingerprint density at radius 2 is 1.28 bits per heavy atom. The quantitative estimate of drug-likeness (QED) is 0.723. The fourth-order valence-corrected chi connectivity index (χ4v) is 1.57. The molecule has 0 amide bonds. The van der Waals surface area contributed by atoms with E-state index in [0.717, 1.165) is 5.56 Å². The highest BCUT2D eigenvalue weighted by atomic mass is 14.2. The molecular weight excluding hydrogens is 218 g/mol. The summed E-state index contributed by atoms with van der Waals surface area (Å²) in [5.41, 5.74) is 2.96. The van der Waals surface area contributed by atoms with Gasteiger partial charge in [0.2, 0.25) is 0 Å². The molecule has 2 rings (SSSR count). The monoisotopic (exact) mass is 231 g/mol. The first-order chi connectivity index (χ1) is 8.88. The number of allylic oxidation sites excluding steroid dienone is 2. The first-order valence-electron chi connectivity index (χ1n) is 5.78. The van der Waals surface area contributed by atoms with Crippen molar-refractivity contribution in [1.29, 1.82) is 5.26 Å². The van der Waals surface area contributed by atoms with Gasteiger partial charge in [-0.2, -0.15) is 5.26 Å². The largest absolute Gasteiger partial charge is 0.192 e. The van der Waals surface area contributed by atoms with Gasteiger partial charge in [-0.1, -0.05) is 66.8 Å². The van der Waals surface area contributed by atoms with Crippen LogP contribution in [0.5, 0.6) is 0 Å². The maximum absolute atomic E-state index is 8.69. The van der Waals surface area contributed by atoms with Gasteiger partial charge in [0.1, 0.15) is 0 Å². The smallest absolute Gasteiger partial charge is 0.0991 e. The summed E-state index contributed by atoms with van der Waals surface area (Å²) in [6.45, 7) is 0. The first kappa shape index (κ1) is 11.9. The van der Waals surface area contributed by atoms with Crippen LogP contribution in [0.2, 0.25) is 0 Å². The molecular formula is C17H13N. The molecule has 86 valence electrons. The van der Waals surface area contributed by atoms with Crippen LogP contribution in [-0.4, -0.2) is 0 Å². The first-order valence-corrected chi connectivity index (χ1v) is 5.78. The Labute approximate surface area is 107 Å². The van der Waals surface area contributed by atoms with Crippen LogP contribution in [0.15, 0.2) is 66.7 Å². The summed E-state index contributed by atoms with van der Waals surface area (Å²) in [6, 6.07) is 19.8. The number of nitrogens with zero attached hydrogens (tertiary/aromatic N) is 1. The van der Waals surface area contributed by atoms with E-state index >= 15 is 0 Å². The van der Waals surface area contributed by atoms with E-state index < -0.39 is 0 Å². The summed E-state index contributed by atoms with van der Waals surface area (Å²) >= 11 is 0. The number of rotatable bonds is 3. The molecule has 0 aliphatic carbocycles. The summed E-state index contributed by atoms with van der Waals surface area (Å²) in [5.74, 6) is 0. The lowest BCUT2D eigenvalue weighted by molar-refractivity contribution is 1.48. The molecule has 0 aromatic heterocycles. The van der Waals surface area contributed by atoms with Gasteiger partial charge in [0.15, 0.2) is 0 Å². The van der Waals surface area contributed by atoms with E-state index in [4.69, 9.17) is 5.26 Å². The van der Waals surface area contributed by atoms with Crippen molar-refractivity contribution >= 4 is 12.2 Å². The summed E-state index contributed by atoms with van der Waals surface area (Å²) in [4.78, 5) is 0. The second-order valence-corrected chi connectivity index (χ2v) is 3.86. The molecule has 0 bridgehead atoms. The zero-order valence-electron chi connectivity index (χ0n) is 9.95. The molecule has 0 aliphatic heterocycles. The predicted molar refractivity (Wildman–Crippen MR) is 75.7 cm³/mol. The molecule has 2 aromatic rings. The summed E-state index contributed by atoms with van der Waals surface area (Å²) < 4.78 is 0. The molecule has 0 unspecified atom stereocenters. The van der Waals surface area contributed by atoms with Gasteiger partial charge in [-0.25, -0.2) is 0 Å². The molecule has 0 fully saturated rings. The van der Waals surface area contributed by atoms with Gasteiger partial charge in [0, 0.05) is 0 Å². The predicted octanol–water partition coefficient (Wildman–Crippen LogP) is 4.28. The lowest BCUT2D eigenvalue weighted by Crippen LogP contribution is -1.74. The van der Waals surface area contributed by atoms with Crippen molar-refractivity contribution in [1.82, 2.24) is 0 Å². The van der Waals surface area contributed by atoms with Gasteiger partial charge in [0.05, 0.1) is 11.6 Å². The highest BCUT2D eigenvalue weighted by Crippen LogP contribution is 2.06. The third-order valence-corrected chi connectivity index (χ3v) is 2.53. The van der Waals surface area contributed by atoms with Crippen LogP contribution < -0.4 is 0 Å². The van der Waals surface area contributed by atoms with Crippen molar-refractivity contribution < 1.29 is 0 Å². The molecule has 18 heavy (non-hydrogen) atoms. The van der Waals surface area contributed by atoms with E-state index in [1.165, 1.54) is 5.56 Å². The van der Waals surface area contributed by atoms with E-state index in [1.54, 1.807) is 0 Å². The molecule has 0 heterocycles. The number of hydrogen-bond donors (Lipinski definition) is 0. The van der Waals surface area contributed by atoms with E-state index in [1.807, 2.05) is 60.7 Å². The Bertz CT molecular complexity index is 584. The maximum Gasteiger partial charge on any atom is 0.0991 e. The molecule has 0 saturated carbocycles. The molecule has 0 radical (unpaired) electrons. The van der Waals surface area contributed by atoms with Crippen molar-refractivity contribution in [2.75, 3.05) is 0 Å². The van der Waals surface area contributed by atoms with Crippen LogP contribution in [-0.2, 0) is 0 Å². The Hall–Kier alpha value is -2.59. The molecule has 0 aliphatic rings. The minimum Gasteiger partial charge on any atom is -0.192 e. The highest BCUT2D eigenvalue weighted by molar-refractivity contribution is 5.57. The van der Waals surface area contributed by atoms with Crippen LogP contribution in [0.1, 0.15) is 16.7 Å². The average Bonchev–Trinajstić information content (AvgIpc) is 2.45. The number of nitriles is 1. The second-order valence-electron chi connectivity index (χ2n) is 3.86. The van der Waals surface area contributed by atoms with E-state index in [0.29, 0.717) is 5.56 Å². The molecule has 0 spiro atoms. The number of benzene rings is 2. The van der Waals surface area contributed by atoms with E-state index in [2.05, 4.69) is 24.3 Å². The molecule has 0 atom stereocenters. The molecule has 2 aromatic carbocycles. The van der Waals surface area contributed by atoms with Crippen LogP contribution >= 0.6 is 0 Å². The maximum atomic E-state index is 8.69. The summed E-state index contributed by atoms with van der Waals surface area (Å²) in [7, 11) is 0. The van der Waals surface area contributed by atoms with Gasteiger partial charge in [-0.3, -0.25) is 0 Å². The van der Waals surface area contributed by atoms with Crippen LogP contribution in [0.3, 0.4) is 0 Å². The van der Waals surface area contributed by atoms with E-state index in [9.17, 15) is 0 Å². The van der Waals surface area contributed by atoms with Gasteiger partial charge in [0.25, 0.3) is 0 Å². The van der Waals surface area contributed by atoms with Crippen molar-refractivity contribution in [3.63, 3.8) is 0 Å². The third kappa shape index (κ3) is 3.47. The normalized spacial score (nSPS) is 10.8. The van der Waals surface area contributed by atoms with Crippen LogP contribution in [0.25, 0.3) is 12.2 Å². The fraction of sp³-hybridized carbons (Fsp3) is 0. The van der Waals surface area contributed by atoms with Crippen molar-refractivity contribution in [3.05, 3.63) is 83.4 Å². The lowest BCUT2D eigenvalue weighted by atomic mass is 10.1. The van der Waals surface area contributed by atoms with Crippen molar-refractivity contribution in [2.24, 2.45) is 0 Å². The minimum atomic E-state index is 0.687. The van der Waals surface area contributed by atoms with Crippen LogP contribution in [0, 0.1) is 11.3 Å². The average molecular weight is 231 g/mol. The van der Waals surface area contributed by atoms with Crippen LogP contribution in [0.4, 0.5) is 0 Å². The second kappa shape index (κ2) is 6.22. The standard InChI is InChI=1S/C17H13N/c18-14-17-12-10-16(11-13-17)9-5-4-8-15-6-2-1-3-7-15/h1-13H.